The lowest BCUT2D eigenvalue weighted by Crippen LogP contribution is -2.03. The average Bonchev–Trinajstić information content (AvgIpc) is 2.08. The Bertz CT molecular complexity index is 316. The third kappa shape index (κ3) is 1.61. The number of aromatic nitrogens is 1. The fraction of sp³-hybridized carbons (Fsp3) is 0.143. The van der Waals surface area contributed by atoms with Gasteiger partial charge in [0.25, 0.3) is 0 Å². The quantitative estimate of drug-likeness (QED) is 0.695. The van der Waals surface area contributed by atoms with Gasteiger partial charge in [0.05, 0.1) is 23.3 Å². The SMILES string of the molecule is COC(=O)c1cncc(F)c1Br. The number of carbonyl (C=O) groups excluding carboxylic acids is 1. The molecule has 0 fully saturated rings. The van der Waals surface area contributed by atoms with Gasteiger partial charge in [-0.15, -0.1) is 0 Å². The molecule has 0 aliphatic rings. The third-order valence-electron chi connectivity index (χ3n) is 1.24. The summed E-state index contributed by atoms with van der Waals surface area (Å²) in [6, 6.07) is 0. The van der Waals surface area contributed by atoms with Crippen LogP contribution in [0.4, 0.5) is 4.39 Å². The number of hydrogen-bond donors (Lipinski definition) is 0. The van der Waals surface area contributed by atoms with Gasteiger partial charge in [-0.05, 0) is 15.9 Å². The number of carbonyl (C=O) groups is 1. The number of methoxy groups -OCH3 is 1. The van der Waals surface area contributed by atoms with Crippen LogP contribution in [0.3, 0.4) is 0 Å². The van der Waals surface area contributed by atoms with Crippen LogP contribution in [0.15, 0.2) is 16.9 Å². The molecule has 0 saturated carbocycles. The minimum absolute atomic E-state index is 0.0735. The van der Waals surface area contributed by atoms with Gasteiger partial charge in [-0.3, -0.25) is 4.98 Å². The summed E-state index contributed by atoms with van der Waals surface area (Å²) in [6.07, 6.45) is 2.25. The van der Waals surface area contributed by atoms with Crippen molar-refractivity contribution in [2.75, 3.05) is 7.11 Å². The number of hydrogen-bond acceptors (Lipinski definition) is 3. The van der Waals surface area contributed by atoms with Crippen molar-refractivity contribution >= 4 is 21.9 Å². The molecule has 0 aromatic carbocycles. The van der Waals surface area contributed by atoms with Gasteiger partial charge in [0.2, 0.25) is 0 Å². The Morgan fingerprint density at radius 2 is 2.33 bits per heavy atom. The second kappa shape index (κ2) is 3.62. The molecule has 0 spiro atoms. The molecule has 0 amide bonds. The van der Waals surface area contributed by atoms with E-state index in [1.165, 1.54) is 13.3 Å². The Labute approximate surface area is 76.7 Å². The van der Waals surface area contributed by atoms with E-state index >= 15 is 0 Å². The molecule has 1 aromatic rings. The van der Waals surface area contributed by atoms with Crippen LogP contribution in [0.1, 0.15) is 10.4 Å². The molecule has 1 heterocycles. The standard InChI is InChI=1S/C7H5BrFNO2/c1-12-7(11)4-2-10-3-5(9)6(4)8/h2-3H,1H3. The molecule has 0 N–H and O–H groups in total. The minimum atomic E-state index is -0.617. The van der Waals surface area contributed by atoms with Crippen LogP contribution in [0, 0.1) is 5.82 Å². The van der Waals surface area contributed by atoms with Gasteiger partial charge in [-0.1, -0.05) is 0 Å². The number of ether oxygens (including phenoxy) is 1. The highest BCUT2D eigenvalue weighted by molar-refractivity contribution is 9.10. The first-order chi connectivity index (χ1) is 5.66. The lowest BCUT2D eigenvalue weighted by atomic mass is 10.3. The molecule has 1 aromatic heterocycles. The summed E-state index contributed by atoms with van der Waals surface area (Å²) in [5, 5.41) is 0. The highest BCUT2D eigenvalue weighted by atomic mass is 79.9. The van der Waals surface area contributed by atoms with Crippen LogP contribution in [0.2, 0.25) is 0 Å². The highest BCUT2D eigenvalue weighted by Crippen LogP contribution is 2.19. The van der Waals surface area contributed by atoms with E-state index in [1.54, 1.807) is 0 Å². The van der Waals surface area contributed by atoms with Gasteiger partial charge in [-0.2, -0.15) is 0 Å². The predicted molar refractivity (Wildman–Crippen MR) is 43.2 cm³/mol. The van der Waals surface area contributed by atoms with Gasteiger partial charge in [0.15, 0.2) is 5.82 Å². The molecule has 5 heteroatoms. The van der Waals surface area contributed by atoms with Crippen LogP contribution in [0.5, 0.6) is 0 Å². The molecule has 3 nitrogen and oxygen atoms in total. The van der Waals surface area contributed by atoms with E-state index in [1.807, 2.05) is 0 Å². The summed E-state index contributed by atoms with van der Waals surface area (Å²) in [5.74, 6) is -1.20. The van der Waals surface area contributed by atoms with Crippen LogP contribution >= 0.6 is 15.9 Å². The van der Waals surface area contributed by atoms with E-state index in [0.29, 0.717) is 0 Å². The number of rotatable bonds is 1. The zero-order valence-electron chi connectivity index (χ0n) is 6.17. The minimum Gasteiger partial charge on any atom is -0.465 e. The summed E-state index contributed by atoms with van der Waals surface area (Å²) in [5.41, 5.74) is 0.0810. The van der Waals surface area contributed by atoms with E-state index in [9.17, 15) is 9.18 Å². The maximum Gasteiger partial charge on any atom is 0.340 e. The fourth-order valence-electron chi connectivity index (χ4n) is 0.672. The van der Waals surface area contributed by atoms with Gasteiger partial charge >= 0.3 is 5.97 Å². The lowest BCUT2D eigenvalue weighted by molar-refractivity contribution is 0.0598. The Balaban J connectivity index is 3.16. The van der Waals surface area contributed by atoms with E-state index in [-0.39, 0.29) is 10.0 Å². The second-order valence-electron chi connectivity index (χ2n) is 1.97. The van der Waals surface area contributed by atoms with Crippen molar-refractivity contribution in [1.82, 2.24) is 4.98 Å². The van der Waals surface area contributed by atoms with E-state index in [2.05, 4.69) is 25.7 Å². The summed E-state index contributed by atoms with van der Waals surface area (Å²) < 4.78 is 17.2. The smallest absolute Gasteiger partial charge is 0.340 e. The third-order valence-corrected chi connectivity index (χ3v) is 2.05. The van der Waals surface area contributed by atoms with Crippen molar-refractivity contribution in [3.63, 3.8) is 0 Å². The lowest BCUT2D eigenvalue weighted by Gasteiger charge is -2.00. The first-order valence-corrected chi connectivity index (χ1v) is 3.83. The summed E-state index contributed by atoms with van der Waals surface area (Å²) in [7, 11) is 1.22. The van der Waals surface area contributed by atoms with Gasteiger partial charge in [0, 0.05) is 6.20 Å². The normalized spacial score (nSPS) is 9.58. The highest BCUT2D eigenvalue weighted by Gasteiger charge is 2.13. The molecule has 0 aliphatic carbocycles. The predicted octanol–water partition coefficient (Wildman–Crippen LogP) is 1.77. The number of pyridine rings is 1. The van der Waals surface area contributed by atoms with Crippen molar-refractivity contribution in [2.24, 2.45) is 0 Å². The maximum atomic E-state index is 12.8. The zero-order chi connectivity index (χ0) is 9.14. The summed E-state index contributed by atoms with van der Waals surface area (Å²) in [6.45, 7) is 0. The molecule has 0 aliphatic heterocycles. The topological polar surface area (TPSA) is 39.2 Å². The van der Waals surface area contributed by atoms with E-state index in [0.717, 1.165) is 6.20 Å². The zero-order valence-corrected chi connectivity index (χ0v) is 7.76. The van der Waals surface area contributed by atoms with Crippen molar-refractivity contribution in [3.8, 4) is 0 Å². The Morgan fingerprint density at radius 1 is 1.67 bits per heavy atom. The maximum absolute atomic E-state index is 12.8. The van der Waals surface area contributed by atoms with Crippen molar-refractivity contribution in [3.05, 3.63) is 28.2 Å². The molecule has 0 bridgehead atoms. The van der Waals surface area contributed by atoms with Crippen molar-refractivity contribution < 1.29 is 13.9 Å². The monoisotopic (exact) mass is 233 g/mol. The Hall–Kier alpha value is -0.970. The Morgan fingerprint density at radius 3 is 2.92 bits per heavy atom. The van der Waals surface area contributed by atoms with Crippen molar-refractivity contribution in [2.45, 2.75) is 0 Å². The average molecular weight is 234 g/mol. The number of esters is 1. The first kappa shape index (κ1) is 9.12. The van der Waals surface area contributed by atoms with E-state index in [4.69, 9.17) is 0 Å². The van der Waals surface area contributed by atoms with Crippen LogP contribution in [-0.4, -0.2) is 18.1 Å². The van der Waals surface area contributed by atoms with E-state index < -0.39 is 11.8 Å². The molecule has 12 heavy (non-hydrogen) atoms. The molecule has 64 valence electrons. The summed E-state index contributed by atoms with van der Waals surface area (Å²) >= 11 is 2.91. The van der Waals surface area contributed by atoms with Crippen LogP contribution < -0.4 is 0 Å². The van der Waals surface area contributed by atoms with Crippen LogP contribution in [-0.2, 0) is 4.74 Å². The number of nitrogens with zero attached hydrogens (tertiary/aromatic N) is 1. The van der Waals surface area contributed by atoms with Crippen LogP contribution in [0.25, 0.3) is 0 Å². The summed E-state index contributed by atoms with van der Waals surface area (Å²) in [4.78, 5) is 14.4. The molecule has 1 rings (SSSR count). The molecular weight excluding hydrogens is 229 g/mol. The largest absolute Gasteiger partial charge is 0.465 e. The Kier molecular flexibility index (Phi) is 2.75. The number of halogens is 2. The molecular formula is C7H5BrFNO2. The fourth-order valence-corrected chi connectivity index (χ4v) is 1.04. The van der Waals surface area contributed by atoms with Gasteiger partial charge < -0.3 is 4.74 Å². The first-order valence-electron chi connectivity index (χ1n) is 3.04. The van der Waals surface area contributed by atoms with Gasteiger partial charge in [0.1, 0.15) is 0 Å². The molecule has 0 radical (unpaired) electrons. The van der Waals surface area contributed by atoms with Crippen molar-refractivity contribution in [1.29, 1.82) is 0 Å². The second-order valence-corrected chi connectivity index (χ2v) is 2.77. The molecule has 0 unspecified atom stereocenters. The molecule has 0 atom stereocenters. The molecule has 0 saturated heterocycles. The van der Waals surface area contributed by atoms with Gasteiger partial charge in [-0.25, -0.2) is 9.18 Å².